The molecule has 6 heteroatoms. The molecule has 6 nitrogen and oxygen atoms in total. The van der Waals surface area contributed by atoms with Gasteiger partial charge in [0.15, 0.2) is 5.76 Å². The summed E-state index contributed by atoms with van der Waals surface area (Å²) >= 11 is 0. The molecule has 0 saturated heterocycles. The monoisotopic (exact) mass is 258 g/mol. The first-order valence-corrected chi connectivity index (χ1v) is 5.60. The van der Waals surface area contributed by atoms with Crippen LogP contribution in [0, 0.1) is 6.92 Å². The van der Waals surface area contributed by atoms with E-state index in [9.17, 15) is 4.79 Å². The number of hydrogen-bond donors (Lipinski definition) is 0. The molecule has 3 rings (SSSR count). The standard InChI is InChI=1S/C13H10N2O4/c1-7-11-8(13(16)17-2)6-9(10-4-3-5-18-10)14-12(11)19-15-7/h3-6H,1-2H3. The molecule has 0 atom stereocenters. The minimum atomic E-state index is -0.466. The molecule has 3 aromatic heterocycles. The van der Waals surface area contributed by atoms with Gasteiger partial charge in [0, 0.05) is 0 Å². The van der Waals surface area contributed by atoms with Crippen LogP contribution in [0.2, 0.25) is 0 Å². The number of carbonyl (C=O) groups excluding carboxylic acids is 1. The molecule has 0 aliphatic heterocycles. The van der Waals surface area contributed by atoms with Crippen molar-refractivity contribution >= 4 is 17.1 Å². The first kappa shape index (κ1) is 11.5. The smallest absolute Gasteiger partial charge is 0.338 e. The lowest BCUT2D eigenvalue weighted by Crippen LogP contribution is -2.03. The fraction of sp³-hybridized carbons (Fsp3) is 0.154. The Morgan fingerprint density at radius 1 is 1.42 bits per heavy atom. The van der Waals surface area contributed by atoms with Crippen LogP contribution in [0.5, 0.6) is 0 Å². The van der Waals surface area contributed by atoms with Crippen LogP contribution in [0.15, 0.2) is 33.4 Å². The average molecular weight is 258 g/mol. The zero-order valence-corrected chi connectivity index (χ0v) is 10.3. The van der Waals surface area contributed by atoms with Crippen molar-refractivity contribution in [2.45, 2.75) is 6.92 Å². The normalized spacial score (nSPS) is 10.8. The number of methoxy groups -OCH3 is 1. The van der Waals surface area contributed by atoms with Crippen molar-refractivity contribution in [1.29, 1.82) is 0 Å². The van der Waals surface area contributed by atoms with Crippen LogP contribution >= 0.6 is 0 Å². The summed E-state index contributed by atoms with van der Waals surface area (Å²) < 4.78 is 15.2. The summed E-state index contributed by atoms with van der Waals surface area (Å²) in [5, 5.41) is 4.38. The Labute approximate surface area is 108 Å². The summed E-state index contributed by atoms with van der Waals surface area (Å²) in [6, 6.07) is 5.10. The van der Waals surface area contributed by atoms with Crippen LogP contribution in [0.1, 0.15) is 16.1 Å². The van der Waals surface area contributed by atoms with E-state index in [-0.39, 0.29) is 5.71 Å². The molecule has 0 fully saturated rings. The number of esters is 1. The van der Waals surface area contributed by atoms with Gasteiger partial charge in [-0.05, 0) is 25.1 Å². The molecule has 0 bridgehead atoms. The van der Waals surface area contributed by atoms with E-state index in [1.54, 1.807) is 25.1 Å². The van der Waals surface area contributed by atoms with Gasteiger partial charge in [-0.15, -0.1) is 0 Å². The second kappa shape index (κ2) is 4.24. The van der Waals surface area contributed by atoms with Gasteiger partial charge < -0.3 is 13.7 Å². The molecular formula is C13H10N2O4. The summed E-state index contributed by atoms with van der Waals surface area (Å²) in [6.07, 6.45) is 1.53. The van der Waals surface area contributed by atoms with E-state index in [0.717, 1.165) is 0 Å². The SMILES string of the molecule is COC(=O)c1cc(-c2ccco2)nc2onc(C)c12. The van der Waals surface area contributed by atoms with Crippen molar-refractivity contribution in [3.8, 4) is 11.5 Å². The zero-order chi connectivity index (χ0) is 13.4. The number of pyridine rings is 1. The summed E-state index contributed by atoms with van der Waals surface area (Å²) in [6.45, 7) is 1.74. The first-order chi connectivity index (χ1) is 9.20. The largest absolute Gasteiger partial charge is 0.465 e. The summed E-state index contributed by atoms with van der Waals surface area (Å²) in [5.41, 5.74) is 1.73. The number of rotatable bonds is 2. The van der Waals surface area contributed by atoms with Gasteiger partial charge in [-0.2, -0.15) is 0 Å². The van der Waals surface area contributed by atoms with Crippen LogP contribution < -0.4 is 0 Å². The highest BCUT2D eigenvalue weighted by molar-refractivity contribution is 6.04. The van der Waals surface area contributed by atoms with Gasteiger partial charge in [0.05, 0.1) is 30.0 Å². The van der Waals surface area contributed by atoms with Crippen molar-refractivity contribution in [2.75, 3.05) is 7.11 Å². The highest BCUT2D eigenvalue weighted by Crippen LogP contribution is 2.27. The van der Waals surface area contributed by atoms with Crippen molar-refractivity contribution in [3.05, 3.63) is 35.7 Å². The molecule has 0 radical (unpaired) electrons. The third-order valence-corrected chi connectivity index (χ3v) is 2.80. The van der Waals surface area contributed by atoms with Gasteiger partial charge in [0.2, 0.25) is 0 Å². The minimum Gasteiger partial charge on any atom is -0.465 e. The lowest BCUT2D eigenvalue weighted by atomic mass is 10.1. The van der Waals surface area contributed by atoms with E-state index in [1.165, 1.54) is 13.4 Å². The molecular weight excluding hydrogens is 248 g/mol. The number of aryl methyl sites for hydroxylation is 1. The van der Waals surface area contributed by atoms with Gasteiger partial charge in [0.25, 0.3) is 5.71 Å². The average Bonchev–Trinajstić information content (AvgIpc) is 3.07. The van der Waals surface area contributed by atoms with E-state index in [1.807, 2.05) is 0 Å². The molecule has 0 aliphatic carbocycles. The maximum Gasteiger partial charge on any atom is 0.338 e. The Bertz CT molecular complexity index is 743. The van der Waals surface area contributed by atoms with E-state index in [0.29, 0.717) is 28.1 Å². The van der Waals surface area contributed by atoms with Crippen LogP contribution in [-0.4, -0.2) is 23.2 Å². The fourth-order valence-electron chi connectivity index (χ4n) is 1.92. The number of ether oxygens (including phenoxy) is 1. The summed E-state index contributed by atoms with van der Waals surface area (Å²) in [7, 11) is 1.32. The van der Waals surface area contributed by atoms with E-state index < -0.39 is 5.97 Å². The van der Waals surface area contributed by atoms with Gasteiger partial charge in [0.1, 0.15) is 5.69 Å². The van der Waals surface area contributed by atoms with Crippen LogP contribution in [0.25, 0.3) is 22.6 Å². The fourth-order valence-corrected chi connectivity index (χ4v) is 1.92. The molecule has 0 N–H and O–H groups in total. The second-order valence-electron chi connectivity index (χ2n) is 3.97. The minimum absolute atomic E-state index is 0.284. The maximum absolute atomic E-state index is 11.8. The number of fused-ring (bicyclic) bond motifs is 1. The predicted molar refractivity (Wildman–Crippen MR) is 65.6 cm³/mol. The number of aromatic nitrogens is 2. The van der Waals surface area contributed by atoms with Crippen molar-refractivity contribution in [1.82, 2.24) is 10.1 Å². The molecule has 0 spiro atoms. The lowest BCUT2D eigenvalue weighted by Gasteiger charge is -2.03. The Morgan fingerprint density at radius 2 is 2.26 bits per heavy atom. The van der Waals surface area contributed by atoms with Gasteiger partial charge in [-0.3, -0.25) is 0 Å². The Hall–Kier alpha value is -2.63. The third-order valence-electron chi connectivity index (χ3n) is 2.80. The lowest BCUT2D eigenvalue weighted by molar-refractivity contribution is 0.0603. The van der Waals surface area contributed by atoms with Crippen molar-refractivity contribution in [3.63, 3.8) is 0 Å². The quantitative estimate of drug-likeness (QED) is 0.657. The molecule has 0 amide bonds. The maximum atomic E-state index is 11.8. The van der Waals surface area contributed by atoms with Crippen LogP contribution in [0.3, 0.4) is 0 Å². The molecule has 0 aliphatic rings. The Balaban J connectivity index is 2.31. The number of furan rings is 1. The van der Waals surface area contributed by atoms with E-state index >= 15 is 0 Å². The Morgan fingerprint density at radius 3 is 2.95 bits per heavy atom. The van der Waals surface area contributed by atoms with Crippen LogP contribution in [-0.2, 0) is 4.74 Å². The zero-order valence-electron chi connectivity index (χ0n) is 10.3. The molecule has 96 valence electrons. The molecule has 0 unspecified atom stereocenters. The Kier molecular flexibility index (Phi) is 2.56. The van der Waals surface area contributed by atoms with Gasteiger partial charge in [-0.25, -0.2) is 9.78 Å². The second-order valence-corrected chi connectivity index (χ2v) is 3.97. The van der Waals surface area contributed by atoms with E-state index in [4.69, 9.17) is 13.7 Å². The molecule has 19 heavy (non-hydrogen) atoms. The van der Waals surface area contributed by atoms with E-state index in [2.05, 4.69) is 10.1 Å². The molecule has 3 aromatic rings. The predicted octanol–water partition coefficient (Wildman–Crippen LogP) is 2.58. The van der Waals surface area contributed by atoms with Gasteiger partial charge >= 0.3 is 5.97 Å². The number of hydrogen-bond acceptors (Lipinski definition) is 6. The summed E-state index contributed by atoms with van der Waals surface area (Å²) in [4.78, 5) is 16.1. The third kappa shape index (κ3) is 1.77. The highest BCUT2D eigenvalue weighted by Gasteiger charge is 2.20. The van der Waals surface area contributed by atoms with Gasteiger partial charge in [-0.1, -0.05) is 5.16 Å². The van der Waals surface area contributed by atoms with Crippen LogP contribution in [0.4, 0.5) is 0 Å². The molecule has 0 saturated carbocycles. The highest BCUT2D eigenvalue weighted by atomic mass is 16.5. The van der Waals surface area contributed by atoms with Crippen molar-refractivity contribution < 1.29 is 18.5 Å². The van der Waals surface area contributed by atoms with Crippen molar-refractivity contribution in [2.24, 2.45) is 0 Å². The topological polar surface area (TPSA) is 78.4 Å². The number of nitrogens with zero attached hydrogens (tertiary/aromatic N) is 2. The number of carbonyl (C=O) groups is 1. The molecule has 3 heterocycles. The molecule has 0 aromatic carbocycles. The first-order valence-electron chi connectivity index (χ1n) is 5.60. The summed E-state index contributed by atoms with van der Waals surface area (Å²) in [5.74, 6) is 0.0765.